The van der Waals surface area contributed by atoms with Gasteiger partial charge in [-0.05, 0) is 0 Å². The van der Waals surface area contributed by atoms with E-state index in [1.807, 2.05) is 0 Å². The number of hydrogen-bond donors (Lipinski definition) is 0. The van der Waals surface area contributed by atoms with Crippen LogP contribution in [0.4, 0.5) is 0 Å². The van der Waals surface area contributed by atoms with Crippen LogP contribution in [-0.2, 0) is 36.0 Å². The standard InChI is InChI=1S/2C6H13O2.Cu.Li/c2*1-6(2)4-8-5-7-3;;/h2*4,6H,5H2,1-3H3;;/q2*-1;+2;. The first-order valence-electron chi connectivity index (χ1n) is 5.42. The van der Waals surface area contributed by atoms with E-state index in [-0.39, 0.29) is 35.9 Å². The van der Waals surface area contributed by atoms with Crippen molar-refractivity contribution in [1.29, 1.82) is 0 Å². The predicted octanol–water partition coefficient (Wildman–Crippen LogP) is 2.47. The molecule has 0 aliphatic rings. The van der Waals surface area contributed by atoms with E-state index < -0.39 is 0 Å². The fourth-order valence-electron chi connectivity index (χ4n) is 0.600. The first-order chi connectivity index (χ1) is 7.54. The molecule has 6 heteroatoms. The van der Waals surface area contributed by atoms with Crippen molar-refractivity contribution in [2.24, 2.45) is 11.8 Å². The molecule has 0 N–H and O–H groups in total. The largest absolute Gasteiger partial charge is 2.00 e. The van der Waals surface area contributed by atoms with Gasteiger partial charge >= 0.3 is 17.1 Å². The fraction of sp³-hybridized carbons (Fsp3) is 0.833. The zero-order valence-corrected chi connectivity index (χ0v) is 13.6. The van der Waals surface area contributed by atoms with E-state index in [0.717, 1.165) is 0 Å². The molecule has 0 atom stereocenters. The molecule has 0 unspecified atom stereocenters. The Hall–Kier alpha value is 0.957. The summed E-state index contributed by atoms with van der Waals surface area (Å²) >= 11 is 0. The maximum absolute atomic E-state index is 4.90. The number of ether oxygens (including phenoxy) is 4. The smallest absolute Gasteiger partial charge is 0.532 e. The number of rotatable bonds is 8. The molecule has 0 spiro atoms. The molecule has 18 heavy (non-hydrogen) atoms. The van der Waals surface area contributed by atoms with Gasteiger partial charge in [-0.15, -0.1) is 0 Å². The zero-order valence-electron chi connectivity index (χ0n) is 12.7. The van der Waals surface area contributed by atoms with Crippen molar-refractivity contribution in [3.05, 3.63) is 13.2 Å². The van der Waals surface area contributed by atoms with E-state index in [2.05, 4.69) is 37.2 Å². The first-order valence-corrected chi connectivity index (χ1v) is 5.42. The third-order valence-electron chi connectivity index (χ3n) is 1.11. The Labute approximate surface area is 135 Å². The summed E-state index contributed by atoms with van der Waals surface area (Å²) in [6.07, 6.45) is 0. The van der Waals surface area contributed by atoms with Crippen LogP contribution in [0.3, 0.4) is 0 Å². The van der Waals surface area contributed by atoms with E-state index >= 15 is 0 Å². The molecule has 0 saturated heterocycles. The normalized spacial score (nSPS) is 9.33. The van der Waals surface area contributed by atoms with E-state index in [4.69, 9.17) is 9.47 Å². The minimum absolute atomic E-state index is 0. The molecule has 0 aliphatic carbocycles. The fourth-order valence-corrected chi connectivity index (χ4v) is 0.600. The van der Waals surface area contributed by atoms with Gasteiger partial charge in [0.1, 0.15) is 13.6 Å². The van der Waals surface area contributed by atoms with Crippen LogP contribution in [0, 0.1) is 25.0 Å². The summed E-state index contributed by atoms with van der Waals surface area (Å²) in [5.74, 6) is 0.954. The topological polar surface area (TPSA) is 36.9 Å². The monoisotopic (exact) mass is 304 g/mol. The summed E-state index contributed by atoms with van der Waals surface area (Å²) in [5.41, 5.74) is 0. The second kappa shape index (κ2) is 23.1. The molecule has 0 aromatic rings. The minimum atomic E-state index is 0. The van der Waals surface area contributed by atoms with Gasteiger partial charge in [0, 0.05) is 33.1 Å². The molecule has 2 radical (unpaired) electrons. The van der Waals surface area contributed by atoms with E-state index in [1.165, 1.54) is 0 Å². The maximum atomic E-state index is 4.90. The van der Waals surface area contributed by atoms with Gasteiger partial charge in [-0.2, -0.15) is 11.8 Å². The summed E-state index contributed by atoms with van der Waals surface area (Å²) in [7, 11) is 3.21. The van der Waals surface area contributed by atoms with Crippen LogP contribution in [0.15, 0.2) is 0 Å². The SMILES string of the molecule is COCO[CH-]C(C)C.COCO[CH-]C(C)C.[Cu+2].[Li]. The summed E-state index contributed by atoms with van der Waals surface area (Å²) in [6.45, 7) is 12.4. The summed E-state index contributed by atoms with van der Waals surface area (Å²) in [5, 5.41) is 0. The van der Waals surface area contributed by atoms with E-state index in [0.29, 0.717) is 25.4 Å². The molecule has 0 aliphatic heterocycles. The van der Waals surface area contributed by atoms with Gasteiger partial charge in [0.05, 0.1) is 0 Å². The van der Waals surface area contributed by atoms with Gasteiger partial charge in [0.2, 0.25) is 0 Å². The van der Waals surface area contributed by atoms with Gasteiger partial charge in [0.25, 0.3) is 0 Å². The van der Waals surface area contributed by atoms with Crippen LogP contribution in [0.5, 0.6) is 0 Å². The second-order valence-corrected chi connectivity index (χ2v) is 3.91. The van der Waals surface area contributed by atoms with Crippen molar-refractivity contribution in [3.63, 3.8) is 0 Å². The van der Waals surface area contributed by atoms with Gasteiger partial charge in [0.15, 0.2) is 0 Å². The van der Waals surface area contributed by atoms with Crippen molar-refractivity contribution in [1.82, 2.24) is 0 Å². The number of methoxy groups -OCH3 is 2. The molecule has 0 heterocycles. The quantitative estimate of drug-likeness (QED) is 0.299. The number of hydrogen-bond acceptors (Lipinski definition) is 4. The molecule has 0 aromatic heterocycles. The van der Waals surface area contributed by atoms with Crippen LogP contribution in [0.1, 0.15) is 27.7 Å². The molecule has 0 rings (SSSR count). The van der Waals surface area contributed by atoms with Gasteiger partial charge in [-0.3, -0.25) is 0 Å². The van der Waals surface area contributed by atoms with Crippen LogP contribution >= 0.6 is 0 Å². The van der Waals surface area contributed by atoms with Crippen LogP contribution in [-0.4, -0.2) is 46.7 Å². The molecule has 0 aromatic carbocycles. The Bertz CT molecular complexity index is 113. The Morgan fingerprint density at radius 3 is 1.22 bits per heavy atom. The molecule has 110 valence electrons. The van der Waals surface area contributed by atoms with E-state index in [9.17, 15) is 0 Å². The zero-order chi connectivity index (χ0) is 12.8. The Balaban J connectivity index is -0.0000000980. The van der Waals surface area contributed by atoms with Gasteiger partial charge in [-0.25, -0.2) is 13.2 Å². The van der Waals surface area contributed by atoms with Crippen LogP contribution < -0.4 is 0 Å². The predicted molar refractivity (Wildman–Crippen MR) is 70.0 cm³/mol. The third kappa shape index (κ3) is 36.0. The Morgan fingerprint density at radius 1 is 0.778 bits per heavy atom. The maximum Gasteiger partial charge on any atom is 2.00 e. The van der Waals surface area contributed by atoms with Crippen molar-refractivity contribution in [2.45, 2.75) is 27.7 Å². The average molecular weight is 305 g/mol. The summed E-state index contributed by atoms with van der Waals surface area (Å²) < 4.78 is 19.1. The van der Waals surface area contributed by atoms with E-state index in [1.54, 1.807) is 27.4 Å². The molecule has 0 amide bonds. The summed E-state index contributed by atoms with van der Waals surface area (Å²) in [4.78, 5) is 0. The van der Waals surface area contributed by atoms with Gasteiger partial charge < -0.3 is 18.9 Å². The summed E-state index contributed by atoms with van der Waals surface area (Å²) in [6, 6.07) is 0. The molecule has 4 nitrogen and oxygen atoms in total. The first kappa shape index (κ1) is 27.3. The van der Waals surface area contributed by atoms with Crippen molar-refractivity contribution >= 4 is 18.9 Å². The van der Waals surface area contributed by atoms with Crippen LogP contribution in [0.2, 0.25) is 0 Å². The molecule has 0 saturated carbocycles. The molecule has 0 fully saturated rings. The molecule has 0 bridgehead atoms. The van der Waals surface area contributed by atoms with Crippen LogP contribution in [0.25, 0.3) is 0 Å². The van der Waals surface area contributed by atoms with Crippen molar-refractivity contribution < 1.29 is 36.0 Å². The average Bonchev–Trinajstić information content (AvgIpc) is 2.18. The van der Waals surface area contributed by atoms with Crippen molar-refractivity contribution in [3.8, 4) is 0 Å². The Kier molecular flexibility index (Phi) is 35.0. The second-order valence-electron chi connectivity index (χ2n) is 3.91. The van der Waals surface area contributed by atoms with Gasteiger partial charge in [-0.1, -0.05) is 27.7 Å². The minimum Gasteiger partial charge on any atom is -0.532 e. The molecular weight excluding hydrogens is 279 g/mol. The molecular formula is C12H26CuLiO4. The third-order valence-corrected chi connectivity index (χ3v) is 1.11. The van der Waals surface area contributed by atoms with Crippen molar-refractivity contribution in [2.75, 3.05) is 27.8 Å². The Morgan fingerprint density at radius 2 is 1.06 bits per heavy atom.